The fourth-order valence-corrected chi connectivity index (χ4v) is 7.66. The molecule has 0 radical (unpaired) electrons. The smallest absolute Gasteiger partial charge is 0.306 e. The van der Waals surface area contributed by atoms with E-state index < -0.39 is 6.10 Å². The molecule has 0 aliphatic carbocycles. The summed E-state index contributed by atoms with van der Waals surface area (Å²) in [7, 11) is 0. The van der Waals surface area contributed by atoms with E-state index in [2.05, 4.69) is 27.7 Å². The lowest BCUT2D eigenvalue weighted by Crippen LogP contribution is -2.30. The highest BCUT2D eigenvalue weighted by atomic mass is 16.6. The van der Waals surface area contributed by atoms with E-state index in [4.69, 9.17) is 14.2 Å². The summed E-state index contributed by atoms with van der Waals surface area (Å²) >= 11 is 0. The molecule has 0 heterocycles. The summed E-state index contributed by atoms with van der Waals surface area (Å²) in [5, 5.41) is 0. The molecule has 0 saturated carbocycles. The fraction of sp³-hybridized carbons (Fsp3) is 0.941. The Hall–Kier alpha value is -1.59. The zero-order valence-corrected chi connectivity index (χ0v) is 38.8. The SMILES string of the molecule is CCCCCCCCCCCCCCCCCC(=O)OC[C@H](COC(=O)CCCCCCCCCCCCCCCC)OC(=O)CCCCCCCCC(C)CC. The quantitative estimate of drug-likeness (QED) is 0.0346. The summed E-state index contributed by atoms with van der Waals surface area (Å²) < 4.78 is 16.8. The van der Waals surface area contributed by atoms with E-state index >= 15 is 0 Å². The lowest BCUT2D eigenvalue weighted by atomic mass is 10.00. The van der Waals surface area contributed by atoms with Crippen LogP contribution < -0.4 is 0 Å². The number of hydrogen-bond donors (Lipinski definition) is 0. The van der Waals surface area contributed by atoms with Crippen LogP contribution >= 0.6 is 0 Å². The molecule has 0 aliphatic heterocycles. The van der Waals surface area contributed by atoms with Crippen LogP contribution in [0.15, 0.2) is 0 Å². The van der Waals surface area contributed by atoms with Gasteiger partial charge in [-0.25, -0.2) is 0 Å². The average molecular weight is 807 g/mol. The van der Waals surface area contributed by atoms with Crippen molar-refractivity contribution in [2.24, 2.45) is 5.92 Å². The minimum Gasteiger partial charge on any atom is -0.462 e. The van der Waals surface area contributed by atoms with E-state index in [0.29, 0.717) is 19.3 Å². The number of rotatable bonds is 46. The Labute approximate surface area is 355 Å². The van der Waals surface area contributed by atoms with Gasteiger partial charge in [0.05, 0.1) is 0 Å². The topological polar surface area (TPSA) is 78.9 Å². The van der Waals surface area contributed by atoms with E-state index in [0.717, 1.165) is 63.7 Å². The Morgan fingerprint density at radius 1 is 0.351 bits per heavy atom. The molecule has 1 unspecified atom stereocenters. The number of carbonyl (C=O) groups excluding carboxylic acids is 3. The molecule has 0 rings (SSSR count). The van der Waals surface area contributed by atoms with Gasteiger partial charge in [-0.2, -0.15) is 0 Å². The highest BCUT2D eigenvalue weighted by Gasteiger charge is 2.19. The van der Waals surface area contributed by atoms with Gasteiger partial charge in [-0.05, 0) is 25.2 Å². The van der Waals surface area contributed by atoms with Gasteiger partial charge in [0.25, 0.3) is 0 Å². The highest BCUT2D eigenvalue weighted by Crippen LogP contribution is 2.17. The monoisotopic (exact) mass is 807 g/mol. The lowest BCUT2D eigenvalue weighted by molar-refractivity contribution is -0.167. The first-order chi connectivity index (χ1) is 27.9. The van der Waals surface area contributed by atoms with Crippen molar-refractivity contribution in [1.29, 1.82) is 0 Å². The summed E-state index contributed by atoms with van der Waals surface area (Å²) in [5.41, 5.74) is 0. The summed E-state index contributed by atoms with van der Waals surface area (Å²) in [6.07, 6.45) is 46.6. The van der Waals surface area contributed by atoms with Crippen LogP contribution in [-0.2, 0) is 28.6 Å². The second-order valence-corrected chi connectivity index (χ2v) is 17.7. The third kappa shape index (κ3) is 43.8. The molecule has 0 fully saturated rings. The van der Waals surface area contributed by atoms with Crippen molar-refractivity contribution in [2.45, 2.75) is 291 Å². The van der Waals surface area contributed by atoms with E-state index in [1.54, 1.807) is 0 Å². The van der Waals surface area contributed by atoms with Crippen molar-refractivity contribution in [3.63, 3.8) is 0 Å². The summed E-state index contributed by atoms with van der Waals surface area (Å²) in [4.78, 5) is 37.9. The molecule has 0 aromatic carbocycles. The molecule has 0 N–H and O–H groups in total. The van der Waals surface area contributed by atoms with Gasteiger partial charge in [0.15, 0.2) is 6.10 Å². The first-order valence-corrected chi connectivity index (χ1v) is 25.4. The molecule has 0 saturated heterocycles. The average Bonchev–Trinajstić information content (AvgIpc) is 3.21. The maximum Gasteiger partial charge on any atom is 0.306 e. The van der Waals surface area contributed by atoms with E-state index in [1.807, 2.05) is 0 Å². The summed E-state index contributed by atoms with van der Waals surface area (Å²) in [6, 6.07) is 0. The van der Waals surface area contributed by atoms with Gasteiger partial charge >= 0.3 is 17.9 Å². The minimum absolute atomic E-state index is 0.0639. The second kappa shape index (κ2) is 45.5. The van der Waals surface area contributed by atoms with Crippen LogP contribution in [0.2, 0.25) is 0 Å². The van der Waals surface area contributed by atoms with E-state index in [9.17, 15) is 14.4 Å². The maximum atomic E-state index is 12.7. The standard InChI is InChI=1S/C51H98O6/c1-5-8-10-12-14-16-18-20-22-24-26-28-30-35-39-43-50(53)56-46-48(57-51(54)44-40-36-32-31-33-37-41-47(4)7-3)45-55-49(52)42-38-34-29-27-25-23-21-19-17-15-13-11-9-6-2/h47-48H,5-46H2,1-4H3/t47?,48-/m0/s1. The largest absolute Gasteiger partial charge is 0.462 e. The highest BCUT2D eigenvalue weighted by molar-refractivity contribution is 5.71. The van der Waals surface area contributed by atoms with Gasteiger partial charge in [0, 0.05) is 19.3 Å². The first kappa shape index (κ1) is 55.4. The van der Waals surface area contributed by atoms with Crippen LogP contribution in [0.4, 0.5) is 0 Å². The van der Waals surface area contributed by atoms with Crippen molar-refractivity contribution in [3.05, 3.63) is 0 Å². The molecule has 0 spiro atoms. The van der Waals surface area contributed by atoms with Gasteiger partial charge in [0.1, 0.15) is 13.2 Å². The van der Waals surface area contributed by atoms with Gasteiger partial charge < -0.3 is 14.2 Å². The number of esters is 3. The number of unbranched alkanes of at least 4 members (excludes halogenated alkanes) is 32. The Morgan fingerprint density at radius 2 is 0.614 bits per heavy atom. The molecule has 6 nitrogen and oxygen atoms in total. The predicted octanol–water partition coefficient (Wildman–Crippen LogP) is 16.3. The first-order valence-electron chi connectivity index (χ1n) is 25.4. The number of carbonyl (C=O) groups is 3. The van der Waals surface area contributed by atoms with Gasteiger partial charge in [-0.15, -0.1) is 0 Å². The lowest BCUT2D eigenvalue weighted by Gasteiger charge is -2.18. The Morgan fingerprint density at radius 3 is 0.912 bits per heavy atom. The van der Waals surface area contributed by atoms with Gasteiger partial charge in [-0.1, -0.05) is 246 Å². The van der Waals surface area contributed by atoms with Gasteiger partial charge in [0.2, 0.25) is 0 Å². The summed E-state index contributed by atoms with van der Waals surface area (Å²) in [6.45, 7) is 8.99. The third-order valence-corrected chi connectivity index (χ3v) is 11.9. The normalized spacial score (nSPS) is 12.4. The molecule has 0 amide bonds. The van der Waals surface area contributed by atoms with Crippen LogP contribution in [0.25, 0.3) is 0 Å². The maximum absolute atomic E-state index is 12.7. The Balaban J connectivity index is 4.28. The zero-order chi connectivity index (χ0) is 41.7. The molecule has 6 heteroatoms. The van der Waals surface area contributed by atoms with E-state index in [-0.39, 0.29) is 31.1 Å². The predicted molar refractivity (Wildman–Crippen MR) is 243 cm³/mol. The van der Waals surface area contributed by atoms with Crippen LogP contribution in [0, 0.1) is 5.92 Å². The van der Waals surface area contributed by atoms with Crippen molar-refractivity contribution in [2.75, 3.05) is 13.2 Å². The Kier molecular flexibility index (Phi) is 44.2. The summed E-state index contributed by atoms with van der Waals surface area (Å²) in [5.74, 6) is -0.0391. The van der Waals surface area contributed by atoms with Crippen LogP contribution in [0.3, 0.4) is 0 Å². The molecule has 0 aromatic heterocycles. The molecule has 0 bridgehead atoms. The third-order valence-electron chi connectivity index (χ3n) is 11.9. The minimum atomic E-state index is -0.761. The molecule has 0 aliphatic rings. The molecule has 0 aromatic rings. The molecule has 57 heavy (non-hydrogen) atoms. The van der Waals surface area contributed by atoms with Gasteiger partial charge in [-0.3, -0.25) is 14.4 Å². The van der Waals surface area contributed by atoms with Crippen molar-refractivity contribution in [3.8, 4) is 0 Å². The van der Waals surface area contributed by atoms with Crippen LogP contribution in [0.1, 0.15) is 285 Å². The van der Waals surface area contributed by atoms with Crippen molar-refractivity contribution < 1.29 is 28.6 Å². The van der Waals surface area contributed by atoms with Crippen LogP contribution in [0.5, 0.6) is 0 Å². The number of ether oxygens (including phenoxy) is 3. The number of hydrogen-bond acceptors (Lipinski definition) is 6. The van der Waals surface area contributed by atoms with Crippen molar-refractivity contribution in [1.82, 2.24) is 0 Å². The fourth-order valence-electron chi connectivity index (χ4n) is 7.66. The molecule has 2 atom stereocenters. The molecular formula is C51H98O6. The molecular weight excluding hydrogens is 709 g/mol. The van der Waals surface area contributed by atoms with Crippen molar-refractivity contribution >= 4 is 17.9 Å². The van der Waals surface area contributed by atoms with E-state index in [1.165, 1.54) is 180 Å². The molecule has 338 valence electrons. The zero-order valence-electron chi connectivity index (χ0n) is 38.8. The van der Waals surface area contributed by atoms with Crippen LogP contribution in [-0.4, -0.2) is 37.2 Å². The Bertz CT molecular complexity index is 859. The second-order valence-electron chi connectivity index (χ2n) is 17.7.